The van der Waals surface area contributed by atoms with Gasteiger partial charge < -0.3 is 14.9 Å². The fourth-order valence-corrected chi connectivity index (χ4v) is 2.50. The zero-order valence-electron chi connectivity index (χ0n) is 11.2. The van der Waals surface area contributed by atoms with Crippen LogP contribution < -0.4 is 10.9 Å². The Balaban J connectivity index is 1.79. The van der Waals surface area contributed by atoms with Crippen molar-refractivity contribution in [1.29, 1.82) is 0 Å². The number of nitrogens with zero attached hydrogens (tertiary/aromatic N) is 1. The summed E-state index contributed by atoms with van der Waals surface area (Å²) in [5, 5.41) is 14.4. The summed E-state index contributed by atoms with van der Waals surface area (Å²) in [5.74, 6) is -0.435. The number of aliphatic hydroxyl groups is 1. The lowest BCUT2D eigenvalue weighted by Crippen LogP contribution is -2.41. The number of H-pyrrole nitrogens is 1. The van der Waals surface area contributed by atoms with Crippen molar-refractivity contribution >= 4 is 5.91 Å². The SMILES string of the molecule is O=C(N[C@@H](c1ccccn1)C1CC(O)C1)c1cc(=O)[nH]o1. The molecule has 110 valence electrons. The summed E-state index contributed by atoms with van der Waals surface area (Å²) < 4.78 is 4.80. The van der Waals surface area contributed by atoms with E-state index < -0.39 is 11.5 Å². The Labute approximate surface area is 120 Å². The largest absolute Gasteiger partial charge is 0.393 e. The van der Waals surface area contributed by atoms with Crippen molar-refractivity contribution in [1.82, 2.24) is 15.5 Å². The van der Waals surface area contributed by atoms with E-state index in [9.17, 15) is 14.7 Å². The lowest BCUT2D eigenvalue weighted by atomic mass is 9.76. The number of aromatic amines is 1. The molecular weight excluding hydrogens is 274 g/mol. The van der Waals surface area contributed by atoms with Crippen LogP contribution in [0.1, 0.15) is 35.1 Å². The van der Waals surface area contributed by atoms with E-state index in [0.717, 1.165) is 11.8 Å². The van der Waals surface area contributed by atoms with Gasteiger partial charge in [0.25, 0.3) is 11.5 Å². The highest BCUT2D eigenvalue weighted by molar-refractivity contribution is 5.91. The molecular formula is C14H15N3O4. The molecule has 1 atom stereocenters. The van der Waals surface area contributed by atoms with Crippen molar-refractivity contribution in [2.75, 3.05) is 0 Å². The van der Waals surface area contributed by atoms with Crippen molar-refractivity contribution in [2.45, 2.75) is 25.0 Å². The zero-order chi connectivity index (χ0) is 14.8. The van der Waals surface area contributed by atoms with Gasteiger partial charge in [0, 0.05) is 6.20 Å². The number of nitrogens with one attached hydrogen (secondary N) is 2. The predicted molar refractivity (Wildman–Crippen MR) is 72.5 cm³/mol. The third kappa shape index (κ3) is 2.87. The predicted octanol–water partition coefficient (Wildman–Crippen LogP) is 0.605. The van der Waals surface area contributed by atoms with Crippen LogP contribution in [0.5, 0.6) is 0 Å². The van der Waals surface area contributed by atoms with Crippen molar-refractivity contribution in [3.63, 3.8) is 0 Å². The van der Waals surface area contributed by atoms with Gasteiger partial charge in [-0.25, -0.2) is 0 Å². The topological polar surface area (TPSA) is 108 Å². The summed E-state index contributed by atoms with van der Waals surface area (Å²) in [5.41, 5.74) is 0.259. The highest BCUT2D eigenvalue weighted by Gasteiger charge is 2.36. The van der Waals surface area contributed by atoms with Crippen LogP contribution in [0.2, 0.25) is 0 Å². The Morgan fingerprint density at radius 1 is 1.48 bits per heavy atom. The molecule has 1 aliphatic rings. The van der Waals surface area contributed by atoms with Crippen LogP contribution in [0.25, 0.3) is 0 Å². The van der Waals surface area contributed by atoms with E-state index in [1.165, 1.54) is 0 Å². The second-order valence-electron chi connectivity index (χ2n) is 5.17. The van der Waals surface area contributed by atoms with Crippen LogP contribution in [-0.2, 0) is 0 Å². The first kappa shape index (κ1) is 13.6. The number of aliphatic hydroxyl groups excluding tert-OH is 1. The Morgan fingerprint density at radius 2 is 2.29 bits per heavy atom. The van der Waals surface area contributed by atoms with Crippen LogP contribution in [0.3, 0.4) is 0 Å². The fourth-order valence-electron chi connectivity index (χ4n) is 2.50. The van der Waals surface area contributed by atoms with E-state index in [4.69, 9.17) is 4.52 Å². The summed E-state index contributed by atoms with van der Waals surface area (Å²) in [7, 11) is 0. The molecule has 1 amide bonds. The van der Waals surface area contributed by atoms with E-state index in [0.29, 0.717) is 12.8 Å². The van der Waals surface area contributed by atoms with Gasteiger partial charge in [-0.05, 0) is 30.9 Å². The van der Waals surface area contributed by atoms with Crippen molar-refractivity contribution in [3.8, 4) is 0 Å². The number of pyridine rings is 1. The monoisotopic (exact) mass is 289 g/mol. The van der Waals surface area contributed by atoms with E-state index in [2.05, 4.69) is 15.5 Å². The van der Waals surface area contributed by atoms with Crippen LogP contribution in [0.4, 0.5) is 0 Å². The molecule has 0 unspecified atom stereocenters. The smallest absolute Gasteiger partial charge is 0.290 e. The second-order valence-corrected chi connectivity index (χ2v) is 5.17. The van der Waals surface area contributed by atoms with Gasteiger partial charge >= 0.3 is 0 Å². The number of carbonyl (C=O) groups is 1. The van der Waals surface area contributed by atoms with Gasteiger partial charge in [0.05, 0.1) is 23.9 Å². The molecule has 2 heterocycles. The van der Waals surface area contributed by atoms with Crippen LogP contribution in [0, 0.1) is 5.92 Å². The first-order valence-electron chi connectivity index (χ1n) is 6.72. The summed E-state index contributed by atoms with van der Waals surface area (Å²) in [6.45, 7) is 0. The minimum absolute atomic E-state index is 0.0687. The standard InChI is InChI=1S/C14H15N3O4/c18-9-5-8(6-9)13(10-3-1-2-4-15-10)16-14(20)11-7-12(19)17-21-11/h1-4,7-9,13,18H,5-6H2,(H,16,20)(H,17,19)/t8?,9?,13-/m1/s1. The van der Waals surface area contributed by atoms with Gasteiger partial charge in [0.2, 0.25) is 5.76 Å². The second kappa shape index (κ2) is 5.53. The van der Waals surface area contributed by atoms with Crippen molar-refractivity contribution in [2.24, 2.45) is 5.92 Å². The Hall–Kier alpha value is -2.41. The number of hydrogen-bond acceptors (Lipinski definition) is 5. The van der Waals surface area contributed by atoms with Gasteiger partial charge in [-0.3, -0.25) is 14.6 Å². The first-order valence-corrected chi connectivity index (χ1v) is 6.72. The van der Waals surface area contributed by atoms with E-state index >= 15 is 0 Å². The van der Waals surface area contributed by atoms with Crippen molar-refractivity contribution < 1.29 is 14.4 Å². The summed E-state index contributed by atoms with van der Waals surface area (Å²) in [6.07, 6.45) is 2.54. The van der Waals surface area contributed by atoms with Crippen molar-refractivity contribution in [3.05, 3.63) is 52.3 Å². The van der Waals surface area contributed by atoms with E-state index in [-0.39, 0.29) is 23.8 Å². The number of rotatable bonds is 4. The minimum atomic E-state index is -0.481. The number of aromatic nitrogens is 2. The molecule has 0 aliphatic heterocycles. The lowest BCUT2D eigenvalue weighted by molar-refractivity contribution is 0.0224. The molecule has 0 spiro atoms. The molecule has 0 bridgehead atoms. The molecule has 7 heteroatoms. The average Bonchev–Trinajstić information content (AvgIpc) is 2.89. The maximum atomic E-state index is 12.1. The zero-order valence-corrected chi connectivity index (χ0v) is 11.2. The highest BCUT2D eigenvalue weighted by Crippen LogP contribution is 2.37. The van der Waals surface area contributed by atoms with Crippen LogP contribution >= 0.6 is 0 Å². The third-order valence-electron chi connectivity index (χ3n) is 3.66. The molecule has 0 radical (unpaired) electrons. The molecule has 2 aromatic heterocycles. The third-order valence-corrected chi connectivity index (χ3v) is 3.66. The molecule has 3 rings (SSSR count). The lowest BCUT2D eigenvalue weighted by Gasteiger charge is -2.37. The van der Waals surface area contributed by atoms with Gasteiger partial charge in [-0.1, -0.05) is 6.07 Å². The molecule has 1 aliphatic carbocycles. The minimum Gasteiger partial charge on any atom is -0.393 e. The first-order chi connectivity index (χ1) is 10.1. The maximum absolute atomic E-state index is 12.1. The van der Waals surface area contributed by atoms with E-state index in [1.54, 1.807) is 12.3 Å². The molecule has 0 saturated heterocycles. The maximum Gasteiger partial charge on any atom is 0.290 e. The van der Waals surface area contributed by atoms with Gasteiger partial charge in [-0.2, -0.15) is 5.16 Å². The number of hydrogen-bond donors (Lipinski definition) is 3. The molecule has 0 aromatic carbocycles. The molecule has 3 N–H and O–H groups in total. The molecule has 7 nitrogen and oxygen atoms in total. The molecule has 21 heavy (non-hydrogen) atoms. The number of amides is 1. The highest BCUT2D eigenvalue weighted by atomic mass is 16.5. The molecule has 1 fully saturated rings. The normalized spacial score (nSPS) is 22.3. The Morgan fingerprint density at radius 3 is 2.86 bits per heavy atom. The summed E-state index contributed by atoms with van der Waals surface area (Å²) >= 11 is 0. The molecule has 1 saturated carbocycles. The molecule has 2 aromatic rings. The fraction of sp³-hybridized carbons (Fsp3) is 0.357. The average molecular weight is 289 g/mol. The van der Waals surface area contributed by atoms with E-state index in [1.807, 2.05) is 12.1 Å². The summed E-state index contributed by atoms with van der Waals surface area (Å²) in [6, 6.07) is 6.24. The number of carbonyl (C=O) groups excluding carboxylic acids is 1. The van der Waals surface area contributed by atoms with Gasteiger partial charge in [0.15, 0.2) is 0 Å². The van der Waals surface area contributed by atoms with Crippen LogP contribution in [-0.4, -0.2) is 27.3 Å². The van der Waals surface area contributed by atoms with Gasteiger partial charge in [-0.15, -0.1) is 0 Å². The van der Waals surface area contributed by atoms with Gasteiger partial charge in [0.1, 0.15) is 0 Å². The van der Waals surface area contributed by atoms with Crippen LogP contribution in [0.15, 0.2) is 39.8 Å². The Kier molecular flexibility index (Phi) is 3.57. The quantitative estimate of drug-likeness (QED) is 0.764. The summed E-state index contributed by atoms with van der Waals surface area (Å²) in [4.78, 5) is 27.4. The Bertz CT molecular complexity index is 673.